The molecule has 0 saturated heterocycles. The van der Waals surface area contributed by atoms with Gasteiger partial charge in [0.25, 0.3) is 0 Å². The van der Waals surface area contributed by atoms with Crippen molar-refractivity contribution in [2.45, 2.75) is 19.3 Å². The van der Waals surface area contributed by atoms with Crippen molar-refractivity contribution in [2.75, 3.05) is 6.54 Å². The Morgan fingerprint density at radius 1 is 1.12 bits per heavy atom. The van der Waals surface area contributed by atoms with Crippen molar-refractivity contribution < 1.29 is 5.11 Å². The van der Waals surface area contributed by atoms with E-state index in [4.69, 9.17) is 5.73 Å². The lowest BCUT2D eigenvalue weighted by atomic mass is 9.99. The number of aromatic hydroxyl groups is 1. The Balaban J connectivity index is 2.41. The fourth-order valence-electron chi connectivity index (χ4n) is 2.06. The number of nitrogens with two attached hydrogens (primary N) is 1. The Morgan fingerprint density at radius 2 is 1.94 bits per heavy atom. The number of fused-ring (bicyclic) bond motifs is 1. The van der Waals surface area contributed by atoms with Crippen molar-refractivity contribution >= 4 is 26.7 Å². The Labute approximate surface area is 110 Å². The van der Waals surface area contributed by atoms with E-state index in [2.05, 4.69) is 28.1 Å². The Bertz CT molecular complexity index is 525. The van der Waals surface area contributed by atoms with Gasteiger partial charge in [0.15, 0.2) is 0 Å². The van der Waals surface area contributed by atoms with E-state index in [0.29, 0.717) is 12.3 Å². The molecular formula is C14H16BrNO. The summed E-state index contributed by atoms with van der Waals surface area (Å²) in [4.78, 5) is 0. The highest BCUT2D eigenvalue weighted by atomic mass is 79.9. The number of halogens is 1. The first-order valence-electron chi connectivity index (χ1n) is 5.82. The summed E-state index contributed by atoms with van der Waals surface area (Å²) < 4.78 is 1.06. The number of phenolic OH excluding ortho intramolecular Hbond substituents is 1. The maximum Gasteiger partial charge on any atom is 0.119 e. The van der Waals surface area contributed by atoms with Gasteiger partial charge in [0.2, 0.25) is 0 Å². The second-order valence-electron chi connectivity index (χ2n) is 4.17. The van der Waals surface area contributed by atoms with Gasteiger partial charge in [-0.1, -0.05) is 28.1 Å². The maximum atomic E-state index is 9.93. The number of aryl methyl sites for hydroxylation is 1. The molecule has 0 amide bonds. The van der Waals surface area contributed by atoms with Gasteiger partial charge in [0.1, 0.15) is 5.75 Å². The van der Waals surface area contributed by atoms with E-state index in [1.54, 1.807) is 6.07 Å². The first kappa shape index (κ1) is 12.4. The molecule has 0 aliphatic carbocycles. The van der Waals surface area contributed by atoms with Crippen LogP contribution in [0.25, 0.3) is 10.8 Å². The Morgan fingerprint density at radius 3 is 2.71 bits per heavy atom. The van der Waals surface area contributed by atoms with Crippen LogP contribution in [0, 0.1) is 0 Å². The summed E-state index contributed by atoms with van der Waals surface area (Å²) in [6, 6.07) is 9.85. The molecule has 0 aliphatic rings. The van der Waals surface area contributed by atoms with Gasteiger partial charge in [0.05, 0.1) is 0 Å². The molecule has 2 nitrogen and oxygen atoms in total. The van der Waals surface area contributed by atoms with E-state index < -0.39 is 0 Å². The number of unbranched alkanes of at least 4 members (excludes halogenated alkanes) is 1. The highest BCUT2D eigenvalue weighted by Gasteiger charge is 2.06. The molecule has 0 aliphatic heterocycles. The molecule has 0 saturated carbocycles. The van der Waals surface area contributed by atoms with Gasteiger partial charge >= 0.3 is 0 Å². The zero-order chi connectivity index (χ0) is 12.3. The van der Waals surface area contributed by atoms with E-state index in [1.165, 1.54) is 0 Å². The van der Waals surface area contributed by atoms with Gasteiger partial charge < -0.3 is 10.8 Å². The highest BCUT2D eigenvalue weighted by molar-refractivity contribution is 9.10. The fraction of sp³-hybridized carbons (Fsp3) is 0.286. The highest BCUT2D eigenvalue weighted by Crippen LogP contribution is 2.30. The number of hydrogen-bond donors (Lipinski definition) is 2. The predicted octanol–water partition coefficient (Wildman–Crippen LogP) is 3.59. The molecule has 2 aromatic carbocycles. The zero-order valence-corrected chi connectivity index (χ0v) is 11.2. The van der Waals surface area contributed by atoms with Crippen molar-refractivity contribution in [1.29, 1.82) is 0 Å². The number of hydrogen-bond acceptors (Lipinski definition) is 2. The topological polar surface area (TPSA) is 46.2 Å². The molecule has 0 unspecified atom stereocenters. The summed E-state index contributed by atoms with van der Waals surface area (Å²) in [5.41, 5.74) is 6.53. The van der Waals surface area contributed by atoms with Crippen molar-refractivity contribution in [3.8, 4) is 5.75 Å². The van der Waals surface area contributed by atoms with Crippen LogP contribution in [0.1, 0.15) is 18.4 Å². The third-order valence-corrected chi connectivity index (χ3v) is 3.44. The first-order valence-corrected chi connectivity index (χ1v) is 6.62. The maximum absolute atomic E-state index is 9.93. The molecule has 2 rings (SSSR count). The lowest BCUT2D eigenvalue weighted by Crippen LogP contribution is -1.99. The molecule has 0 heterocycles. The zero-order valence-electron chi connectivity index (χ0n) is 9.62. The SMILES string of the molecule is NCCCCc1c(O)ccc2cc(Br)ccc12. The van der Waals surface area contributed by atoms with Crippen molar-refractivity contribution in [2.24, 2.45) is 5.73 Å². The minimum atomic E-state index is 0.386. The molecule has 3 heteroatoms. The quantitative estimate of drug-likeness (QED) is 0.846. The minimum absolute atomic E-state index is 0.386. The van der Waals surface area contributed by atoms with Crippen molar-refractivity contribution in [1.82, 2.24) is 0 Å². The predicted molar refractivity (Wildman–Crippen MR) is 75.3 cm³/mol. The summed E-state index contributed by atoms with van der Waals surface area (Å²) in [5, 5.41) is 12.2. The second-order valence-corrected chi connectivity index (χ2v) is 5.09. The Hall–Kier alpha value is -1.06. The average molecular weight is 294 g/mol. The van der Waals surface area contributed by atoms with E-state index >= 15 is 0 Å². The minimum Gasteiger partial charge on any atom is -0.508 e. The van der Waals surface area contributed by atoms with E-state index in [0.717, 1.165) is 40.1 Å². The largest absolute Gasteiger partial charge is 0.508 e. The summed E-state index contributed by atoms with van der Waals surface area (Å²) in [6.45, 7) is 0.705. The molecule has 2 aromatic rings. The Kier molecular flexibility index (Phi) is 4.02. The molecule has 0 bridgehead atoms. The average Bonchev–Trinajstić information content (AvgIpc) is 2.32. The summed E-state index contributed by atoms with van der Waals surface area (Å²) in [7, 11) is 0. The van der Waals surface area contributed by atoms with Crippen LogP contribution in [0.3, 0.4) is 0 Å². The third kappa shape index (κ3) is 2.79. The molecule has 3 N–H and O–H groups in total. The molecule has 17 heavy (non-hydrogen) atoms. The lowest BCUT2D eigenvalue weighted by Gasteiger charge is -2.09. The summed E-state index contributed by atoms with van der Waals surface area (Å²) in [6.07, 6.45) is 2.88. The van der Waals surface area contributed by atoms with Gasteiger partial charge in [-0.3, -0.25) is 0 Å². The monoisotopic (exact) mass is 293 g/mol. The van der Waals surface area contributed by atoms with Gasteiger partial charge in [-0.05, 0) is 54.8 Å². The van der Waals surface area contributed by atoms with E-state index in [9.17, 15) is 5.11 Å². The van der Waals surface area contributed by atoms with E-state index in [1.807, 2.05) is 12.1 Å². The van der Waals surface area contributed by atoms with Gasteiger partial charge in [0, 0.05) is 10.0 Å². The van der Waals surface area contributed by atoms with Crippen LogP contribution in [-0.2, 0) is 6.42 Å². The van der Waals surface area contributed by atoms with Crippen LogP contribution in [0.2, 0.25) is 0 Å². The summed E-state index contributed by atoms with van der Waals surface area (Å²) in [5.74, 6) is 0.386. The number of phenols is 1. The van der Waals surface area contributed by atoms with Crippen molar-refractivity contribution in [3.63, 3.8) is 0 Å². The molecule has 0 spiro atoms. The molecular weight excluding hydrogens is 278 g/mol. The molecule has 0 fully saturated rings. The van der Waals surface area contributed by atoms with Gasteiger partial charge in [-0.15, -0.1) is 0 Å². The normalized spacial score (nSPS) is 10.9. The fourth-order valence-corrected chi connectivity index (χ4v) is 2.44. The van der Waals surface area contributed by atoms with Crippen LogP contribution in [0.4, 0.5) is 0 Å². The van der Waals surface area contributed by atoms with Crippen LogP contribution in [-0.4, -0.2) is 11.7 Å². The van der Waals surface area contributed by atoms with Crippen LogP contribution in [0.5, 0.6) is 5.75 Å². The van der Waals surface area contributed by atoms with Crippen LogP contribution >= 0.6 is 15.9 Å². The standard InChI is InChI=1S/C14H16BrNO/c15-11-5-6-12-10(9-11)4-7-14(17)13(12)3-1-2-8-16/h4-7,9,17H,1-3,8,16H2. The molecule has 0 aromatic heterocycles. The van der Waals surface area contributed by atoms with E-state index in [-0.39, 0.29) is 0 Å². The molecule has 0 radical (unpaired) electrons. The van der Waals surface area contributed by atoms with Gasteiger partial charge in [-0.25, -0.2) is 0 Å². The van der Waals surface area contributed by atoms with Gasteiger partial charge in [-0.2, -0.15) is 0 Å². The number of benzene rings is 2. The van der Waals surface area contributed by atoms with Crippen molar-refractivity contribution in [3.05, 3.63) is 40.4 Å². The van der Waals surface area contributed by atoms with Crippen LogP contribution < -0.4 is 5.73 Å². The number of rotatable bonds is 4. The van der Waals surface area contributed by atoms with Crippen LogP contribution in [0.15, 0.2) is 34.8 Å². The lowest BCUT2D eigenvalue weighted by molar-refractivity contribution is 0.468. The second kappa shape index (κ2) is 5.52. The molecule has 90 valence electrons. The first-order chi connectivity index (χ1) is 8.22. The smallest absolute Gasteiger partial charge is 0.119 e. The third-order valence-electron chi connectivity index (χ3n) is 2.95. The summed E-state index contributed by atoms with van der Waals surface area (Å²) >= 11 is 3.46. The molecule has 0 atom stereocenters.